The first-order chi connectivity index (χ1) is 11.7. The molecule has 0 aliphatic carbocycles. The van der Waals surface area contributed by atoms with Crippen LogP contribution in [0.25, 0.3) is 0 Å². The van der Waals surface area contributed by atoms with Crippen LogP contribution in [0.1, 0.15) is 23.6 Å². The van der Waals surface area contributed by atoms with E-state index in [1.165, 1.54) is 0 Å². The van der Waals surface area contributed by atoms with Gasteiger partial charge in [0, 0.05) is 5.41 Å². The minimum Gasteiger partial charge on any atom is -0.145 e. The fraction of sp³-hybridized carbons (Fsp3) is 0.100. The van der Waals surface area contributed by atoms with E-state index >= 15 is 0 Å². The Morgan fingerprint density at radius 3 is 1.33 bits per heavy atom. The van der Waals surface area contributed by atoms with E-state index in [0.717, 1.165) is 16.7 Å². The van der Waals surface area contributed by atoms with Crippen LogP contribution in [0.15, 0.2) is 89.2 Å². The van der Waals surface area contributed by atoms with E-state index in [2.05, 4.69) is 29.4 Å². The Kier molecular flexibility index (Phi) is 4.29. The first-order valence-electron chi connectivity index (χ1n) is 7.62. The van der Waals surface area contributed by atoms with Gasteiger partial charge in [0.15, 0.2) is 0 Å². The molecule has 118 valence electrons. The van der Waals surface area contributed by atoms with Gasteiger partial charge in [0.1, 0.15) is 11.4 Å². The number of hydrogen-bond acceptors (Lipinski definition) is 4. The Morgan fingerprint density at radius 1 is 0.583 bits per heavy atom. The maximum atomic E-state index is 10.7. The molecule has 3 aromatic carbocycles. The summed E-state index contributed by atoms with van der Waals surface area (Å²) in [4.78, 5) is 21.4. The van der Waals surface area contributed by atoms with Crippen molar-refractivity contribution < 1.29 is 0 Å². The second-order valence-corrected chi connectivity index (χ2v) is 5.77. The van der Waals surface area contributed by atoms with Crippen LogP contribution in [0.2, 0.25) is 0 Å². The summed E-state index contributed by atoms with van der Waals surface area (Å²) in [6, 6.07) is 24.6. The van der Waals surface area contributed by atoms with E-state index < -0.39 is 5.41 Å². The van der Waals surface area contributed by atoms with Crippen LogP contribution in [-0.2, 0) is 5.41 Å². The lowest BCUT2D eigenvalue weighted by Crippen LogP contribution is -2.25. The van der Waals surface area contributed by atoms with Crippen LogP contribution < -0.4 is 0 Å². The molecule has 0 fully saturated rings. The van der Waals surface area contributed by atoms with Crippen LogP contribution >= 0.6 is 0 Å². The minimum absolute atomic E-state index is 0.398. The highest BCUT2D eigenvalue weighted by Gasteiger charge is 2.31. The van der Waals surface area contributed by atoms with E-state index in [1.54, 1.807) is 24.3 Å². The highest BCUT2D eigenvalue weighted by molar-refractivity contribution is 5.53. The van der Waals surface area contributed by atoms with Gasteiger partial charge in [-0.2, -0.15) is 0 Å². The summed E-state index contributed by atoms with van der Waals surface area (Å²) in [6.07, 6.45) is 0. The van der Waals surface area contributed by atoms with Gasteiger partial charge < -0.3 is 0 Å². The fourth-order valence-electron chi connectivity index (χ4n) is 2.98. The lowest BCUT2D eigenvalue weighted by molar-refractivity contribution is 0.692. The number of hydrogen-bond donors (Lipinski definition) is 0. The predicted molar refractivity (Wildman–Crippen MR) is 95.8 cm³/mol. The average molecular weight is 316 g/mol. The normalized spacial score (nSPS) is 11.0. The van der Waals surface area contributed by atoms with Crippen molar-refractivity contribution in [2.45, 2.75) is 12.3 Å². The van der Waals surface area contributed by atoms with Gasteiger partial charge in [-0.15, -0.1) is 9.81 Å². The van der Waals surface area contributed by atoms with E-state index in [-0.39, 0.29) is 0 Å². The topological polar surface area (TPSA) is 58.9 Å². The molecule has 0 spiro atoms. The predicted octanol–water partition coefficient (Wildman–Crippen LogP) is 5.84. The highest BCUT2D eigenvalue weighted by Crippen LogP contribution is 2.39. The van der Waals surface area contributed by atoms with Gasteiger partial charge in [-0.25, -0.2) is 0 Å². The summed E-state index contributed by atoms with van der Waals surface area (Å²) in [5.74, 6) is 0. The lowest BCUT2D eigenvalue weighted by atomic mass is 9.71. The zero-order valence-electron chi connectivity index (χ0n) is 13.2. The van der Waals surface area contributed by atoms with Crippen molar-refractivity contribution in [2.24, 2.45) is 10.4 Å². The summed E-state index contributed by atoms with van der Waals surface area (Å²) in [7, 11) is 0. The molecule has 0 unspecified atom stereocenters. The van der Waals surface area contributed by atoms with Crippen LogP contribution in [-0.4, -0.2) is 0 Å². The Bertz CT molecular complexity index is 790. The van der Waals surface area contributed by atoms with Crippen molar-refractivity contribution in [1.29, 1.82) is 0 Å². The SMILES string of the molecule is CC(c1ccccc1)(c1ccc(N=O)cc1)c1ccc(N=O)cc1. The van der Waals surface area contributed by atoms with Crippen molar-refractivity contribution in [3.8, 4) is 0 Å². The Labute approximate surface area is 140 Å². The second kappa shape index (κ2) is 6.54. The van der Waals surface area contributed by atoms with Crippen molar-refractivity contribution in [1.82, 2.24) is 0 Å². The van der Waals surface area contributed by atoms with Gasteiger partial charge in [-0.1, -0.05) is 54.6 Å². The third-order valence-electron chi connectivity index (χ3n) is 4.45. The zero-order valence-corrected chi connectivity index (χ0v) is 13.2. The first-order valence-corrected chi connectivity index (χ1v) is 7.62. The molecule has 3 rings (SSSR count). The fourth-order valence-corrected chi connectivity index (χ4v) is 2.98. The number of rotatable bonds is 5. The second-order valence-electron chi connectivity index (χ2n) is 5.77. The van der Waals surface area contributed by atoms with Gasteiger partial charge in [0.2, 0.25) is 0 Å². The largest absolute Gasteiger partial charge is 0.145 e. The van der Waals surface area contributed by atoms with Gasteiger partial charge in [-0.05, 0) is 58.2 Å². The molecule has 0 bridgehead atoms. The van der Waals surface area contributed by atoms with Gasteiger partial charge in [-0.3, -0.25) is 0 Å². The van der Waals surface area contributed by atoms with Gasteiger partial charge in [0.05, 0.1) is 0 Å². The molecule has 0 N–H and O–H groups in total. The van der Waals surface area contributed by atoms with Crippen molar-refractivity contribution >= 4 is 11.4 Å². The number of nitrogens with zero attached hydrogens (tertiary/aromatic N) is 2. The molecule has 0 radical (unpaired) electrons. The molecule has 0 atom stereocenters. The van der Waals surface area contributed by atoms with Crippen molar-refractivity contribution in [3.63, 3.8) is 0 Å². The molecule has 4 heteroatoms. The maximum Gasteiger partial charge on any atom is 0.108 e. The molecular formula is C20H16N2O2. The van der Waals surface area contributed by atoms with E-state index in [4.69, 9.17) is 0 Å². The molecule has 24 heavy (non-hydrogen) atoms. The molecule has 0 amide bonds. The Balaban J connectivity index is 2.19. The van der Waals surface area contributed by atoms with Gasteiger partial charge in [0.25, 0.3) is 0 Å². The number of nitroso groups, excluding NO2 is 2. The molecule has 0 saturated carbocycles. The smallest absolute Gasteiger partial charge is 0.108 e. The van der Waals surface area contributed by atoms with Crippen molar-refractivity contribution in [2.75, 3.05) is 0 Å². The van der Waals surface area contributed by atoms with E-state index in [0.29, 0.717) is 11.4 Å². The summed E-state index contributed by atoms with van der Waals surface area (Å²) >= 11 is 0. The molecule has 0 aliphatic heterocycles. The van der Waals surface area contributed by atoms with Crippen LogP contribution in [0.4, 0.5) is 11.4 Å². The van der Waals surface area contributed by atoms with Crippen molar-refractivity contribution in [3.05, 3.63) is 105 Å². The third kappa shape index (κ3) is 2.74. The van der Waals surface area contributed by atoms with Crippen LogP contribution in [0.3, 0.4) is 0 Å². The molecule has 0 heterocycles. The molecule has 3 aromatic rings. The van der Waals surface area contributed by atoms with E-state index in [1.807, 2.05) is 42.5 Å². The zero-order chi connectivity index (χ0) is 17.0. The monoisotopic (exact) mass is 316 g/mol. The Morgan fingerprint density at radius 2 is 0.958 bits per heavy atom. The number of benzene rings is 3. The summed E-state index contributed by atoms with van der Waals surface area (Å²) in [5, 5.41) is 5.93. The van der Waals surface area contributed by atoms with Crippen LogP contribution in [0.5, 0.6) is 0 Å². The van der Waals surface area contributed by atoms with Gasteiger partial charge >= 0.3 is 0 Å². The average Bonchev–Trinajstić information content (AvgIpc) is 2.68. The van der Waals surface area contributed by atoms with Crippen LogP contribution in [0, 0.1) is 9.81 Å². The molecular weight excluding hydrogens is 300 g/mol. The molecule has 0 aliphatic rings. The molecule has 0 aromatic heterocycles. The highest BCUT2D eigenvalue weighted by atomic mass is 16.3. The molecule has 0 saturated heterocycles. The summed E-state index contributed by atoms with van der Waals surface area (Å²) < 4.78 is 0. The maximum absolute atomic E-state index is 10.7. The molecule has 4 nitrogen and oxygen atoms in total. The third-order valence-corrected chi connectivity index (χ3v) is 4.45. The first kappa shape index (κ1) is 15.7. The summed E-state index contributed by atoms with van der Waals surface area (Å²) in [6.45, 7) is 2.12. The minimum atomic E-state index is -0.426. The van der Waals surface area contributed by atoms with E-state index in [9.17, 15) is 9.81 Å². The quantitative estimate of drug-likeness (QED) is 0.438. The summed E-state index contributed by atoms with van der Waals surface area (Å²) in [5.41, 5.74) is 3.55. The standard InChI is InChI=1S/C20H16N2O2/c1-20(15-5-3-2-4-6-15,16-7-11-18(21-23)12-8-16)17-9-13-19(22-24)14-10-17/h2-14H,1H3. The lowest BCUT2D eigenvalue weighted by Gasteiger charge is -2.32. The Hall–Kier alpha value is -3.14.